The lowest BCUT2D eigenvalue weighted by molar-refractivity contribution is -0.141. The third kappa shape index (κ3) is 5.08. The molecule has 140 valence electrons. The molecule has 1 heterocycles. The van der Waals surface area contributed by atoms with Crippen LogP contribution in [0.3, 0.4) is 0 Å². The van der Waals surface area contributed by atoms with Crippen LogP contribution in [0.5, 0.6) is 5.75 Å². The first-order valence-electron chi connectivity index (χ1n) is 8.32. The Hall–Kier alpha value is -2.38. The number of Topliss-reactive ketones (excluding diaryl/α,β-unsaturated/α-hetero) is 1. The van der Waals surface area contributed by atoms with Gasteiger partial charge in [-0.15, -0.1) is 23.1 Å². The number of methoxy groups -OCH3 is 1. The number of hydrogen-bond acceptors (Lipinski definition) is 7. The minimum atomic E-state index is -0.291. The van der Waals surface area contributed by atoms with Crippen LogP contribution < -0.4 is 4.74 Å². The number of thioether (sulfide) groups is 1. The Morgan fingerprint density at radius 1 is 1.19 bits per heavy atom. The molecule has 0 aliphatic rings. The number of esters is 1. The van der Waals surface area contributed by atoms with Gasteiger partial charge < -0.3 is 9.47 Å². The van der Waals surface area contributed by atoms with Crippen LogP contribution in [0.15, 0.2) is 42.5 Å². The van der Waals surface area contributed by atoms with Crippen LogP contribution in [0, 0.1) is 0 Å². The molecule has 0 atom stereocenters. The zero-order chi connectivity index (χ0) is 19.2. The second-order valence-electron chi connectivity index (χ2n) is 5.81. The fraction of sp³-hybridized carbons (Fsp3) is 0.250. The summed E-state index contributed by atoms with van der Waals surface area (Å²) in [5.41, 5.74) is 2.43. The highest BCUT2D eigenvalue weighted by atomic mass is 32.2. The van der Waals surface area contributed by atoms with E-state index in [0.717, 1.165) is 20.8 Å². The monoisotopic (exact) mass is 401 g/mol. The molecule has 3 aromatic rings. The van der Waals surface area contributed by atoms with E-state index in [1.807, 2.05) is 24.3 Å². The summed E-state index contributed by atoms with van der Waals surface area (Å²) < 4.78 is 11.7. The number of thiazole rings is 1. The predicted octanol–water partition coefficient (Wildman–Crippen LogP) is 4.48. The molecule has 0 fully saturated rings. The van der Waals surface area contributed by atoms with Crippen LogP contribution in [0.1, 0.15) is 27.9 Å². The van der Waals surface area contributed by atoms with Gasteiger partial charge in [0.05, 0.1) is 23.1 Å². The first-order valence-corrected chi connectivity index (χ1v) is 10.3. The largest absolute Gasteiger partial charge is 0.496 e. The fourth-order valence-electron chi connectivity index (χ4n) is 2.52. The van der Waals surface area contributed by atoms with E-state index in [1.54, 1.807) is 25.3 Å². The first kappa shape index (κ1) is 19.4. The summed E-state index contributed by atoms with van der Waals surface area (Å²) in [6, 6.07) is 13.2. The molecule has 0 radical (unpaired) electrons. The van der Waals surface area contributed by atoms with Gasteiger partial charge in [-0.1, -0.05) is 12.1 Å². The van der Waals surface area contributed by atoms with Gasteiger partial charge in [0.25, 0.3) is 0 Å². The topological polar surface area (TPSA) is 65.5 Å². The number of fused-ring (bicyclic) bond motifs is 1. The summed E-state index contributed by atoms with van der Waals surface area (Å²) in [4.78, 5) is 28.0. The number of ether oxygens (including phenoxy) is 2. The van der Waals surface area contributed by atoms with Gasteiger partial charge in [0.2, 0.25) is 0 Å². The Kier molecular flexibility index (Phi) is 6.47. The molecule has 3 rings (SSSR count). The van der Waals surface area contributed by atoms with Gasteiger partial charge in [0, 0.05) is 16.9 Å². The number of para-hydroxylation sites is 1. The lowest BCUT2D eigenvalue weighted by Gasteiger charge is -2.09. The van der Waals surface area contributed by atoms with E-state index >= 15 is 0 Å². The standard InChI is InChI=1S/C20H19NO4S2/c1-13(22)14-7-8-17(24-2)15(9-14)11-26-12-20(23)25-10-19-21-16-5-3-4-6-18(16)27-19/h3-9H,10-12H2,1-2H3. The number of aromatic nitrogens is 1. The molecule has 0 amide bonds. The van der Waals surface area contributed by atoms with E-state index in [1.165, 1.54) is 30.0 Å². The molecule has 0 aliphatic heterocycles. The third-order valence-corrected chi connectivity index (χ3v) is 5.82. The molecule has 2 aromatic carbocycles. The molecule has 0 saturated carbocycles. The number of rotatable bonds is 8. The molecule has 7 heteroatoms. The van der Waals surface area contributed by atoms with Crippen molar-refractivity contribution in [1.82, 2.24) is 4.98 Å². The van der Waals surface area contributed by atoms with E-state index in [2.05, 4.69) is 4.98 Å². The first-order chi connectivity index (χ1) is 13.1. The summed E-state index contributed by atoms with van der Waals surface area (Å²) in [6.45, 7) is 1.71. The van der Waals surface area contributed by atoms with E-state index in [-0.39, 0.29) is 24.1 Å². The fourth-order valence-corrected chi connectivity index (χ4v) is 4.20. The highest BCUT2D eigenvalue weighted by molar-refractivity contribution is 7.99. The maximum atomic E-state index is 12.0. The number of carbonyl (C=O) groups excluding carboxylic acids is 2. The summed E-state index contributed by atoms with van der Waals surface area (Å²) in [6.07, 6.45) is 0. The molecule has 1 aromatic heterocycles. The van der Waals surface area contributed by atoms with Crippen molar-refractivity contribution in [2.24, 2.45) is 0 Å². The van der Waals surface area contributed by atoms with Gasteiger partial charge in [-0.25, -0.2) is 4.98 Å². The number of ketones is 1. The van der Waals surface area contributed by atoms with Crippen molar-refractivity contribution in [3.8, 4) is 5.75 Å². The van der Waals surface area contributed by atoms with Crippen LogP contribution in [0.25, 0.3) is 10.2 Å². The third-order valence-electron chi connectivity index (χ3n) is 3.86. The summed E-state index contributed by atoms with van der Waals surface area (Å²) in [7, 11) is 1.59. The molecular weight excluding hydrogens is 382 g/mol. The van der Waals surface area contributed by atoms with E-state index in [0.29, 0.717) is 17.1 Å². The van der Waals surface area contributed by atoms with E-state index in [9.17, 15) is 9.59 Å². The predicted molar refractivity (Wildman–Crippen MR) is 109 cm³/mol. The second-order valence-corrected chi connectivity index (χ2v) is 7.91. The van der Waals surface area contributed by atoms with Crippen LogP contribution in [-0.2, 0) is 21.9 Å². The minimum absolute atomic E-state index is 0.000789. The van der Waals surface area contributed by atoms with Crippen LogP contribution in [-0.4, -0.2) is 29.6 Å². The average molecular weight is 402 g/mol. The summed E-state index contributed by atoms with van der Waals surface area (Å²) in [5, 5.41) is 0.783. The zero-order valence-corrected chi connectivity index (χ0v) is 16.7. The molecule has 0 saturated heterocycles. The van der Waals surface area contributed by atoms with Crippen LogP contribution in [0.2, 0.25) is 0 Å². The summed E-state index contributed by atoms with van der Waals surface area (Å²) >= 11 is 2.95. The number of benzene rings is 2. The minimum Gasteiger partial charge on any atom is -0.496 e. The van der Waals surface area contributed by atoms with Gasteiger partial charge in [-0.3, -0.25) is 9.59 Å². The summed E-state index contributed by atoms with van der Waals surface area (Å²) in [5.74, 6) is 1.19. The molecule has 0 spiro atoms. The van der Waals surface area contributed by atoms with Crippen molar-refractivity contribution < 1.29 is 19.1 Å². The Morgan fingerprint density at radius 3 is 2.74 bits per heavy atom. The van der Waals surface area contributed by atoms with Crippen molar-refractivity contribution >= 4 is 45.1 Å². The molecule has 0 bridgehead atoms. The lowest BCUT2D eigenvalue weighted by atomic mass is 10.1. The van der Waals surface area contributed by atoms with Crippen LogP contribution in [0.4, 0.5) is 0 Å². The molecule has 5 nitrogen and oxygen atoms in total. The highest BCUT2D eigenvalue weighted by Crippen LogP contribution is 2.25. The zero-order valence-electron chi connectivity index (χ0n) is 15.1. The molecule has 27 heavy (non-hydrogen) atoms. The van der Waals surface area contributed by atoms with Crippen molar-refractivity contribution in [3.63, 3.8) is 0 Å². The second kappa shape index (κ2) is 9.01. The lowest BCUT2D eigenvalue weighted by Crippen LogP contribution is -2.07. The molecule has 0 aliphatic carbocycles. The Balaban J connectivity index is 1.50. The number of hydrogen-bond donors (Lipinski definition) is 0. The van der Waals surface area contributed by atoms with Gasteiger partial charge in [-0.2, -0.15) is 0 Å². The van der Waals surface area contributed by atoms with Crippen LogP contribution >= 0.6 is 23.1 Å². The Labute approximate surface area is 165 Å². The molecule has 0 N–H and O–H groups in total. The van der Waals surface area contributed by atoms with Crippen molar-refractivity contribution in [2.75, 3.05) is 12.9 Å². The van der Waals surface area contributed by atoms with Gasteiger partial charge in [-0.05, 0) is 37.3 Å². The highest BCUT2D eigenvalue weighted by Gasteiger charge is 2.11. The van der Waals surface area contributed by atoms with Gasteiger partial charge in [0.15, 0.2) is 5.78 Å². The van der Waals surface area contributed by atoms with Gasteiger partial charge >= 0.3 is 5.97 Å². The normalized spacial score (nSPS) is 10.7. The number of nitrogens with zero attached hydrogens (tertiary/aromatic N) is 1. The SMILES string of the molecule is COc1ccc(C(C)=O)cc1CSCC(=O)OCc1nc2ccccc2s1. The molecular formula is C20H19NO4S2. The van der Waals surface area contributed by atoms with E-state index < -0.39 is 0 Å². The van der Waals surface area contributed by atoms with E-state index in [4.69, 9.17) is 9.47 Å². The number of carbonyl (C=O) groups is 2. The van der Waals surface area contributed by atoms with Crippen molar-refractivity contribution in [3.05, 3.63) is 58.6 Å². The quantitative estimate of drug-likeness (QED) is 0.409. The smallest absolute Gasteiger partial charge is 0.316 e. The maximum absolute atomic E-state index is 12.0. The van der Waals surface area contributed by atoms with Crippen molar-refractivity contribution in [2.45, 2.75) is 19.3 Å². The Bertz CT molecular complexity index is 935. The average Bonchev–Trinajstić information content (AvgIpc) is 3.09. The van der Waals surface area contributed by atoms with Crippen molar-refractivity contribution in [1.29, 1.82) is 0 Å². The molecule has 0 unspecified atom stereocenters. The maximum Gasteiger partial charge on any atom is 0.316 e. The van der Waals surface area contributed by atoms with Gasteiger partial charge in [0.1, 0.15) is 17.4 Å². The Morgan fingerprint density at radius 2 is 2.00 bits per heavy atom.